The Balaban J connectivity index is 2.11. The number of hydrogen-bond donors (Lipinski definition) is 0. The molecule has 0 aliphatic carbocycles. The summed E-state index contributed by atoms with van der Waals surface area (Å²) in [6.45, 7) is 2.16. The highest BCUT2D eigenvalue weighted by atomic mass is 35.5. The van der Waals surface area contributed by atoms with Crippen LogP contribution in [0.2, 0.25) is 5.02 Å². The van der Waals surface area contributed by atoms with Crippen LogP contribution in [0.1, 0.15) is 23.6 Å². The van der Waals surface area contributed by atoms with Gasteiger partial charge >= 0.3 is 18.3 Å². The van der Waals surface area contributed by atoms with Gasteiger partial charge in [0, 0.05) is 5.02 Å². The van der Waals surface area contributed by atoms with E-state index in [1.165, 1.54) is 19.1 Å². The van der Waals surface area contributed by atoms with Crippen LogP contribution in [0.15, 0.2) is 41.3 Å². The van der Waals surface area contributed by atoms with Crippen LogP contribution in [0.4, 0.5) is 26.3 Å². The van der Waals surface area contributed by atoms with Crippen molar-refractivity contribution in [1.82, 2.24) is 0 Å². The van der Waals surface area contributed by atoms with Gasteiger partial charge in [0.15, 0.2) is 15.9 Å². The van der Waals surface area contributed by atoms with E-state index < -0.39 is 62.6 Å². The quantitative estimate of drug-likeness (QED) is 0.359. The number of hydrogen-bond acceptors (Lipinski definition) is 5. The lowest BCUT2D eigenvalue weighted by molar-refractivity contribution is -0.150. The van der Waals surface area contributed by atoms with Gasteiger partial charge in [0.25, 0.3) is 0 Å². The van der Waals surface area contributed by atoms with Crippen molar-refractivity contribution in [2.24, 2.45) is 0 Å². The van der Waals surface area contributed by atoms with Crippen molar-refractivity contribution in [2.45, 2.75) is 37.2 Å². The van der Waals surface area contributed by atoms with Crippen LogP contribution in [0.25, 0.3) is 0 Å². The number of sulfone groups is 1. The number of ether oxygens (including phenoxy) is 2. The van der Waals surface area contributed by atoms with E-state index >= 15 is 0 Å². The minimum absolute atomic E-state index is 0.0987. The van der Waals surface area contributed by atoms with Crippen LogP contribution in [-0.2, 0) is 31.7 Å². The number of rotatable bonds is 7. The number of carbonyl (C=O) groups is 1. The van der Waals surface area contributed by atoms with E-state index in [0.717, 1.165) is 0 Å². The first kappa shape index (κ1) is 26.8. The Morgan fingerprint density at radius 1 is 1.00 bits per heavy atom. The maximum absolute atomic E-state index is 12.9. The van der Waals surface area contributed by atoms with Crippen LogP contribution in [0, 0.1) is 6.92 Å². The fourth-order valence-electron chi connectivity index (χ4n) is 2.58. The smallest absolute Gasteiger partial charge is 0.416 e. The Hall–Kier alpha value is -2.47. The minimum Gasteiger partial charge on any atom is -0.479 e. The summed E-state index contributed by atoms with van der Waals surface area (Å²) in [5.74, 6) is -1.72. The van der Waals surface area contributed by atoms with Crippen molar-refractivity contribution in [1.29, 1.82) is 0 Å². The zero-order valence-electron chi connectivity index (χ0n) is 17.1. The summed E-state index contributed by atoms with van der Waals surface area (Å²) < 4.78 is 113. The molecule has 0 spiro atoms. The molecule has 2 aromatic carbocycles. The molecule has 0 saturated carbocycles. The molecule has 33 heavy (non-hydrogen) atoms. The minimum atomic E-state index is -5.20. The van der Waals surface area contributed by atoms with Gasteiger partial charge in [-0.1, -0.05) is 11.6 Å². The van der Waals surface area contributed by atoms with E-state index in [1.54, 1.807) is 13.0 Å². The van der Waals surface area contributed by atoms with Gasteiger partial charge in [-0.3, -0.25) is 0 Å². The second kappa shape index (κ2) is 9.80. The normalized spacial score (nSPS) is 13.5. The predicted octanol–water partition coefficient (Wildman–Crippen LogP) is 5.47. The molecule has 2 aromatic rings. The van der Waals surface area contributed by atoms with Crippen LogP contribution >= 0.6 is 11.6 Å². The summed E-state index contributed by atoms with van der Waals surface area (Å²) in [4.78, 5) is 10.9. The lowest BCUT2D eigenvalue weighted by Gasteiger charge is -2.16. The summed E-state index contributed by atoms with van der Waals surface area (Å²) in [5.41, 5.74) is -2.93. The highest BCUT2D eigenvalue weighted by Crippen LogP contribution is 2.37. The van der Waals surface area contributed by atoms with Gasteiger partial charge in [-0.25, -0.2) is 13.2 Å². The summed E-state index contributed by atoms with van der Waals surface area (Å²) in [7, 11) is -4.65. The van der Waals surface area contributed by atoms with E-state index in [9.17, 15) is 39.6 Å². The number of carbonyl (C=O) groups excluding carboxylic acids is 1. The number of alkyl halides is 6. The first-order valence-corrected chi connectivity index (χ1v) is 11.2. The molecule has 0 aliphatic heterocycles. The Bertz CT molecular complexity index is 1100. The first-order chi connectivity index (χ1) is 15.0. The Morgan fingerprint density at radius 3 is 2.03 bits per heavy atom. The average molecular weight is 519 g/mol. The van der Waals surface area contributed by atoms with Crippen molar-refractivity contribution in [3.63, 3.8) is 0 Å². The third kappa shape index (κ3) is 7.26. The van der Waals surface area contributed by atoms with Crippen LogP contribution in [-0.4, -0.2) is 32.9 Å². The van der Waals surface area contributed by atoms with E-state index in [4.69, 9.17) is 21.1 Å². The zero-order chi connectivity index (χ0) is 25.2. The van der Waals surface area contributed by atoms with Crippen molar-refractivity contribution in [2.75, 3.05) is 12.4 Å². The Kier molecular flexibility index (Phi) is 7.95. The Morgan fingerprint density at radius 2 is 1.55 bits per heavy atom. The lowest BCUT2D eigenvalue weighted by Crippen LogP contribution is -2.28. The number of esters is 1. The molecule has 1 unspecified atom stereocenters. The fourth-order valence-corrected chi connectivity index (χ4v) is 3.95. The fraction of sp³-hybridized carbons (Fsp3) is 0.350. The van der Waals surface area contributed by atoms with Gasteiger partial charge in [-0.2, -0.15) is 26.3 Å². The van der Waals surface area contributed by atoms with Gasteiger partial charge in [0.1, 0.15) is 12.4 Å². The molecule has 2 rings (SSSR count). The molecule has 0 N–H and O–H groups in total. The first-order valence-electron chi connectivity index (χ1n) is 9.12. The molecule has 0 fully saturated rings. The van der Waals surface area contributed by atoms with E-state index in [2.05, 4.69) is 0 Å². The monoisotopic (exact) mass is 518 g/mol. The SMILES string of the molecule is Cc1cc(Cl)ccc1OC(C)C(=O)OCCS(=O)(=O)c1cc(C(F)(F)F)cc(C(F)(F)F)c1. The third-order valence-corrected chi connectivity index (χ3v) is 6.18. The van der Waals surface area contributed by atoms with E-state index in [0.29, 0.717) is 16.3 Å². The van der Waals surface area contributed by atoms with Crippen molar-refractivity contribution >= 4 is 27.4 Å². The lowest BCUT2D eigenvalue weighted by atomic mass is 10.1. The van der Waals surface area contributed by atoms with Crippen molar-refractivity contribution < 1.29 is 49.0 Å². The predicted molar refractivity (Wildman–Crippen MR) is 106 cm³/mol. The Labute approximate surface area is 190 Å². The van der Waals surface area contributed by atoms with E-state index in [-0.39, 0.29) is 18.2 Å². The molecular formula is C20H17ClF6O5S. The molecule has 0 radical (unpaired) electrons. The molecule has 0 aliphatic rings. The van der Waals surface area contributed by atoms with Gasteiger partial charge in [0.2, 0.25) is 0 Å². The van der Waals surface area contributed by atoms with Gasteiger partial charge in [-0.15, -0.1) is 0 Å². The largest absolute Gasteiger partial charge is 0.479 e. The van der Waals surface area contributed by atoms with E-state index in [1.807, 2.05) is 0 Å². The van der Waals surface area contributed by atoms with Crippen LogP contribution in [0.5, 0.6) is 5.75 Å². The topological polar surface area (TPSA) is 69.7 Å². The number of halogens is 7. The van der Waals surface area contributed by atoms with Gasteiger partial charge < -0.3 is 9.47 Å². The number of benzene rings is 2. The highest BCUT2D eigenvalue weighted by Gasteiger charge is 2.38. The molecule has 1 atom stereocenters. The summed E-state index contributed by atoms with van der Waals surface area (Å²) in [6.07, 6.45) is -11.6. The second-order valence-corrected chi connectivity index (χ2v) is 9.44. The maximum atomic E-state index is 12.9. The standard InChI is InChI=1S/C20H17ClF6O5S/c1-11-7-15(21)3-4-17(11)32-12(2)18(28)31-5-6-33(29,30)16-9-13(19(22,23)24)8-14(10-16)20(25,26)27/h3-4,7-10,12H,5-6H2,1-2H3. The molecule has 0 aromatic heterocycles. The summed E-state index contributed by atoms with van der Waals surface area (Å²) in [6, 6.07) is 4.60. The molecule has 0 saturated heterocycles. The molecule has 0 heterocycles. The molecule has 0 amide bonds. The molecule has 182 valence electrons. The molecule has 13 heteroatoms. The van der Waals surface area contributed by atoms with Crippen molar-refractivity contribution in [3.05, 3.63) is 58.1 Å². The maximum Gasteiger partial charge on any atom is 0.416 e. The summed E-state index contributed by atoms with van der Waals surface area (Å²) in [5, 5.41) is 0.434. The summed E-state index contributed by atoms with van der Waals surface area (Å²) >= 11 is 5.82. The zero-order valence-corrected chi connectivity index (χ0v) is 18.6. The second-order valence-electron chi connectivity index (χ2n) is 6.90. The molecular weight excluding hydrogens is 502 g/mol. The highest BCUT2D eigenvalue weighted by molar-refractivity contribution is 7.91. The van der Waals surface area contributed by atoms with Gasteiger partial charge in [-0.05, 0) is 55.8 Å². The van der Waals surface area contributed by atoms with Crippen LogP contribution in [0.3, 0.4) is 0 Å². The number of aryl methyl sites for hydroxylation is 1. The van der Waals surface area contributed by atoms with Gasteiger partial charge in [0.05, 0.1) is 21.8 Å². The van der Waals surface area contributed by atoms with Crippen molar-refractivity contribution in [3.8, 4) is 5.75 Å². The molecule has 5 nitrogen and oxygen atoms in total. The van der Waals surface area contributed by atoms with Crippen LogP contribution < -0.4 is 4.74 Å². The average Bonchev–Trinajstić information content (AvgIpc) is 2.68. The third-order valence-electron chi connectivity index (χ3n) is 4.29. The molecule has 0 bridgehead atoms.